The average Bonchev–Trinajstić information content (AvgIpc) is 3.10. The Morgan fingerprint density at radius 2 is 1.56 bits per heavy atom. The molecule has 0 spiro atoms. The molecule has 136 valence electrons. The van der Waals surface area contributed by atoms with Gasteiger partial charge in [0.05, 0.1) is 16.6 Å². The van der Waals surface area contributed by atoms with E-state index in [4.69, 9.17) is 9.72 Å². The minimum Gasteiger partial charge on any atom is -0.488 e. The number of aromatic nitrogens is 2. The quantitative estimate of drug-likeness (QED) is 0.479. The fourth-order valence-electron chi connectivity index (χ4n) is 3.13. The van der Waals surface area contributed by atoms with E-state index in [0.717, 1.165) is 33.7 Å². The lowest BCUT2D eigenvalue weighted by Gasteiger charge is -2.19. The van der Waals surface area contributed by atoms with Crippen LogP contribution in [0.3, 0.4) is 0 Å². The van der Waals surface area contributed by atoms with Crippen molar-refractivity contribution < 1.29 is 4.74 Å². The van der Waals surface area contributed by atoms with Gasteiger partial charge in [-0.15, -0.1) is 0 Å². The predicted molar refractivity (Wildman–Crippen MR) is 111 cm³/mol. The standard InChI is InChI=1S/C24H24N2O/c1-24(2,3)18-14-12-17(13-15-18)16-27-22-11-7-4-8-19(22)23-25-20-9-5-6-10-21(20)26-23/h4-15H,16H2,1-3H3,(H,25,26). The van der Waals surface area contributed by atoms with Gasteiger partial charge in [0, 0.05) is 0 Å². The summed E-state index contributed by atoms with van der Waals surface area (Å²) in [5.41, 5.74) is 5.60. The Morgan fingerprint density at radius 3 is 2.30 bits per heavy atom. The predicted octanol–water partition coefficient (Wildman–Crippen LogP) is 6.11. The molecule has 3 aromatic carbocycles. The summed E-state index contributed by atoms with van der Waals surface area (Å²) in [4.78, 5) is 8.09. The second-order valence-corrected chi connectivity index (χ2v) is 7.83. The van der Waals surface area contributed by atoms with Crippen LogP contribution in [0, 0.1) is 0 Å². The summed E-state index contributed by atoms with van der Waals surface area (Å²) < 4.78 is 6.14. The van der Waals surface area contributed by atoms with E-state index in [1.807, 2.05) is 48.5 Å². The number of nitrogens with one attached hydrogen (secondary N) is 1. The maximum atomic E-state index is 6.14. The van der Waals surface area contributed by atoms with Crippen LogP contribution in [0.4, 0.5) is 0 Å². The van der Waals surface area contributed by atoms with Gasteiger partial charge in [0.2, 0.25) is 0 Å². The number of aromatic amines is 1. The van der Waals surface area contributed by atoms with Crippen molar-refractivity contribution in [3.8, 4) is 17.1 Å². The van der Waals surface area contributed by atoms with E-state index in [1.54, 1.807) is 0 Å². The molecule has 1 N–H and O–H groups in total. The van der Waals surface area contributed by atoms with Gasteiger partial charge in [0.15, 0.2) is 0 Å². The number of benzene rings is 3. The number of H-pyrrole nitrogens is 1. The number of imidazole rings is 1. The zero-order chi connectivity index (χ0) is 18.9. The topological polar surface area (TPSA) is 37.9 Å². The Balaban J connectivity index is 1.56. The highest BCUT2D eigenvalue weighted by atomic mass is 16.5. The number of para-hydroxylation sites is 3. The van der Waals surface area contributed by atoms with Gasteiger partial charge < -0.3 is 9.72 Å². The summed E-state index contributed by atoms with van der Waals surface area (Å²) in [5, 5.41) is 0. The molecule has 0 saturated carbocycles. The molecule has 27 heavy (non-hydrogen) atoms. The summed E-state index contributed by atoms with van der Waals surface area (Å²) in [6, 6.07) is 24.7. The number of hydrogen-bond donors (Lipinski definition) is 1. The van der Waals surface area contributed by atoms with Gasteiger partial charge >= 0.3 is 0 Å². The summed E-state index contributed by atoms with van der Waals surface area (Å²) >= 11 is 0. The lowest BCUT2D eigenvalue weighted by Crippen LogP contribution is -2.10. The van der Waals surface area contributed by atoms with Crippen LogP contribution in [0.1, 0.15) is 31.9 Å². The van der Waals surface area contributed by atoms with Gasteiger partial charge in [-0.1, -0.05) is 69.3 Å². The molecule has 4 aromatic rings. The molecule has 0 amide bonds. The number of hydrogen-bond acceptors (Lipinski definition) is 2. The van der Waals surface area contributed by atoms with Crippen LogP contribution in [0.15, 0.2) is 72.8 Å². The van der Waals surface area contributed by atoms with Crippen LogP contribution in [0.2, 0.25) is 0 Å². The molecular formula is C24H24N2O. The molecule has 0 bridgehead atoms. The van der Waals surface area contributed by atoms with Crippen molar-refractivity contribution in [1.82, 2.24) is 9.97 Å². The van der Waals surface area contributed by atoms with Crippen LogP contribution in [0.25, 0.3) is 22.4 Å². The van der Waals surface area contributed by atoms with Gasteiger partial charge in [0.25, 0.3) is 0 Å². The molecule has 0 aliphatic rings. The molecule has 0 saturated heterocycles. The first-order valence-electron chi connectivity index (χ1n) is 9.27. The summed E-state index contributed by atoms with van der Waals surface area (Å²) in [6.45, 7) is 7.20. The lowest BCUT2D eigenvalue weighted by molar-refractivity contribution is 0.307. The highest BCUT2D eigenvalue weighted by Gasteiger charge is 2.13. The van der Waals surface area contributed by atoms with Gasteiger partial charge in [-0.3, -0.25) is 0 Å². The van der Waals surface area contributed by atoms with Crippen LogP contribution in [-0.2, 0) is 12.0 Å². The van der Waals surface area contributed by atoms with Crippen LogP contribution in [-0.4, -0.2) is 9.97 Å². The monoisotopic (exact) mass is 356 g/mol. The first-order valence-corrected chi connectivity index (χ1v) is 9.27. The third-order valence-corrected chi connectivity index (χ3v) is 4.75. The molecule has 0 fully saturated rings. The molecule has 0 radical (unpaired) electrons. The van der Waals surface area contributed by atoms with E-state index in [2.05, 4.69) is 50.0 Å². The normalized spacial score (nSPS) is 11.7. The van der Waals surface area contributed by atoms with Gasteiger partial charge in [-0.2, -0.15) is 0 Å². The zero-order valence-electron chi connectivity index (χ0n) is 16.0. The summed E-state index contributed by atoms with van der Waals surface area (Å²) in [7, 11) is 0. The van der Waals surface area contributed by atoms with E-state index in [0.29, 0.717) is 6.61 Å². The van der Waals surface area contributed by atoms with Crippen LogP contribution >= 0.6 is 0 Å². The van der Waals surface area contributed by atoms with Crippen LogP contribution < -0.4 is 4.74 Å². The Hall–Kier alpha value is -3.07. The minimum atomic E-state index is 0.160. The molecule has 0 aliphatic carbocycles. The van der Waals surface area contributed by atoms with Gasteiger partial charge in [0.1, 0.15) is 18.2 Å². The second-order valence-electron chi connectivity index (χ2n) is 7.83. The molecule has 0 aliphatic heterocycles. The zero-order valence-corrected chi connectivity index (χ0v) is 16.0. The number of ether oxygens (including phenoxy) is 1. The highest BCUT2D eigenvalue weighted by molar-refractivity contribution is 5.80. The van der Waals surface area contributed by atoms with Gasteiger partial charge in [-0.05, 0) is 40.8 Å². The van der Waals surface area contributed by atoms with Crippen molar-refractivity contribution in [2.24, 2.45) is 0 Å². The molecule has 0 atom stereocenters. The third-order valence-electron chi connectivity index (χ3n) is 4.75. The van der Waals surface area contributed by atoms with E-state index in [-0.39, 0.29) is 5.41 Å². The van der Waals surface area contributed by atoms with E-state index in [1.165, 1.54) is 5.56 Å². The second kappa shape index (κ2) is 6.92. The maximum Gasteiger partial charge on any atom is 0.142 e. The SMILES string of the molecule is CC(C)(C)c1ccc(COc2ccccc2-c2nc3ccccc3[nH]2)cc1. The molecule has 1 aromatic heterocycles. The maximum absolute atomic E-state index is 6.14. The number of rotatable bonds is 4. The van der Waals surface area contributed by atoms with E-state index in [9.17, 15) is 0 Å². The largest absolute Gasteiger partial charge is 0.488 e. The van der Waals surface area contributed by atoms with E-state index < -0.39 is 0 Å². The Labute approximate surface area is 160 Å². The first-order chi connectivity index (χ1) is 13.0. The third kappa shape index (κ3) is 3.72. The van der Waals surface area contributed by atoms with Gasteiger partial charge in [-0.25, -0.2) is 4.98 Å². The van der Waals surface area contributed by atoms with Crippen molar-refractivity contribution in [1.29, 1.82) is 0 Å². The average molecular weight is 356 g/mol. The molecule has 4 rings (SSSR count). The minimum absolute atomic E-state index is 0.160. The highest BCUT2D eigenvalue weighted by Crippen LogP contribution is 2.30. The van der Waals surface area contributed by atoms with Crippen molar-refractivity contribution in [2.45, 2.75) is 32.8 Å². The Bertz CT molecular complexity index is 1020. The molecule has 3 heteroatoms. The fourth-order valence-corrected chi connectivity index (χ4v) is 3.13. The van der Waals surface area contributed by atoms with Crippen molar-refractivity contribution in [3.05, 3.63) is 83.9 Å². The van der Waals surface area contributed by atoms with E-state index >= 15 is 0 Å². The molecule has 3 nitrogen and oxygen atoms in total. The number of nitrogens with zero attached hydrogens (tertiary/aromatic N) is 1. The molecule has 0 unspecified atom stereocenters. The summed E-state index contributed by atoms with van der Waals surface area (Å²) in [6.07, 6.45) is 0. The van der Waals surface area contributed by atoms with Crippen molar-refractivity contribution >= 4 is 11.0 Å². The smallest absolute Gasteiger partial charge is 0.142 e. The van der Waals surface area contributed by atoms with Crippen LogP contribution in [0.5, 0.6) is 5.75 Å². The van der Waals surface area contributed by atoms with Crippen molar-refractivity contribution in [2.75, 3.05) is 0 Å². The number of fused-ring (bicyclic) bond motifs is 1. The Kier molecular flexibility index (Phi) is 4.44. The van der Waals surface area contributed by atoms with Crippen molar-refractivity contribution in [3.63, 3.8) is 0 Å². The fraction of sp³-hybridized carbons (Fsp3) is 0.208. The first kappa shape index (κ1) is 17.3. The molecule has 1 heterocycles. The lowest BCUT2D eigenvalue weighted by atomic mass is 9.87. The Morgan fingerprint density at radius 1 is 0.852 bits per heavy atom. The summed E-state index contributed by atoms with van der Waals surface area (Å²) in [5.74, 6) is 1.66. The molecular weight excluding hydrogens is 332 g/mol.